The average molecular weight is 332 g/mol. The van der Waals surface area contributed by atoms with Gasteiger partial charge in [-0.1, -0.05) is 12.1 Å². The molecule has 0 spiro atoms. The molecule has 0 amide bonds. The molecular weight excluding hydrogens is 308 g/mol. The number of aromatic hydroxyl groups is 4. The third-order valence-electron chi connectivity index (χ3n) is 4.47. The number of likely N-dealkylation sites (N-methyl/N-ethyl adjacent to an activating group) is 1. The summed E-state index contributed by atoms with van der Waals surface area (Å²) in [6, 6.07) is 9.45. The molecule has 24 heavy (non-hydrogen) atoms. The molecule has 6 nitrogen and oxygen atoms in total. The molecule has 0 unspecified atom stereocenters. The van der Waals surface area contributed by atoms with Crippen LogP contribution in [-0.4, -0.2) is 51.5 Å². The number of benzene rings is 2. The highest BCUT2D eigenvalue weighted by Crippen LogP contribution is 2.31. The molecule has 0 aliphatic heterocycles. The Balaban J connectivity index is 2.34. The zero-order valence-electron chi connectivity index (χ0n) is 13.9. The molecule has 2 aromatic rings. The number of rotatable bonds is 6. The standard InChI is InChI=1S/C18H24N2O4/c1-20(2)18(11-19,9-12-3-5-14(21)16(23)7-12)10-13-4-6-15(22)17(24)8-13/h3-8,21-24H,9-11,19H2,1-2H3. The van der Waals surface area contributed by atoms with Gasteiger partial charge in [-0.3, -0.25) is 0 Å². The molecule has 0 aliphatic rings. The summed E-state index contributed by atoms with van der Waals surface area (Å²) in [5.41, 5.74) is 7.30. The van der Waals surface area contributed by atoms with Gasteiger partial charge in [-0.05, 0) is 62.3 Å². The van der Waals surface area contributed by atoms with E-state index in [1.54, 1.807) is 12.1 Å². The zero-order chi connectivity index (χ0) is 17.9. The summed E-state index contributed by atoms with van der Waals surface area (Å²) in [4.78, 5) is 2.01. The van der Waals surface area contributed by atoms with E-state index in [0.29, 0.717) is 19.4 Å². The van der Waals surface area contributed by atoms with Crippen molar-refractivity contribution in [1.82, 2.24) is 4.90 Å². The van der Waals surface area contributed by atoms with Gasteiger partial charge in [0, 0.05) is 12.1 Å². The van der Waals surface area contributed by atoms with Gasteiger partial charge in [0.15, 0.2) is 23.0 Å². The van der Waals surface area contributed by atoms with Crippen molar-refractivity contribution in [3.63, 3.8) is 0 Å². The van der Waals surface area contributed by atoms with Gasteiger partial charge >= 0.3 is 0 Å². The van der Waals surface area contributed by atoms with Gasteiger partial charge < -0.3 is 31.1 Å². The fourth-order valence-corrected chi connectivity index (χ4v) is 2.82. The summed E-state index contributed by atoms with van der Waals surface area (Å²) in [5.74, 6) is -0.658. The minimum absolute atomic E-state index is 0.162. The fourth-order valence-electron chi connectivity index (χ4n) is 2.82. The quantitative estimate of drug-likeness (QED) is 0.514. The summed E-state index contributed by atoms with van der Waals surface area (Å²) in [5, 5.41) is 38.3. The van der Waals surface area contributed by atoms with Crippen molar-refractivity contribution in [2.75, 3.05) is 20.6 Å². The Morgan fingerprint density at radius 1 is 0.792 bits per heavy atom. The second-order valence-electron chi connectivity index (χ2n) is 6.32. The predicted octanol–water partition coefficient (Wildman–Crippen LogP) is 1.55. The molecule has 0 saturated carbocycles. The maximum Gasteiger partial charge on any atom is 0.157 e. The largest absolute Gasteiger partial charge is 0.504 e. The Morgan fingerprint density at radius 2 is 1.21 bits per heavy atom. The van der Waals surface area contributed by atoms with Gasteiger partial charge in [0.25, 0.3) is 0 Å². The van der Waals surface area contributed by atoms with E-state index in [4.69, 9.17) is 5.73 Å². The monoisotopic (exact) mass is 332 g/mol. The Labute approximate surface area is 141 Å². The number of nitrogens with two attached hydrogens (primary N) is 1. The van der Waals surface area contributed by atoms with Gasteiger partial charge in [-0.25, -0.2) is 0 Å². The molecule has 0 fully saturated rings. The minimum atomic E-state index is -0.452. The van der Waals surface area contributed by atoms with Crippen molar-refractivity contribution in [1.29, 1.82) is 0 Å². The molecule has 0 saturated heterocycles. The van der Waals surface area contributed by atoms with Crippen LogP contribution in [0.5, 0.6) is 23.0 Å². The van der Waals surface area contributed by atoms with Crippen LogP contribution < -0.4 is 5.73 Å². The highest BCUT2D eigenvalue weighted by molar-refractivity contribution is 5.43. The number of hydrogen-bond donors (Lipinski definition) is 5. The van der Waals surface area contributed by atoms with E-state index in [1.165, 1.54) is 24.3 Å². The average Bonchev–Trinajstić information content (AvgIpc) is 2.53. The summed E-state index contributed by atoms with van der Waals surface area (Å²) < 4.78 is 0. The number of phenols is 4. The topological polar surface area (TPSA) is 110 Å². The Morgan fingerprint density at radius 3 is 1.50 bits per heavy atom. The minimum Gasteiger partial charge on any atom is -0.504 e. The van der Waals surface area contributed by atoms with Crippen LogP contribution in [0.15, 0.2) is 36.4 Å². The van der Waals surface area contributed by atoms with Crippen molar-refractivity contribution in [3.8, 4) is 23.0 Å². The smallest absolute Gasteiger partial charge is 0.157 e. The normalized spacial score (nSPS) is 11.8. The summed E-state index contributed by atoms with van der Waals surface area (Å²) in [6.45, 7) is 0.350. The number of hydrogen-bond acceptors (Lipinski definition) is 6. The van der Waals surface area contributed by atoms with Crippen LogP contribution in [-0.2, 0) is 12.8 Å². The molecule has 6 heteroatoms. The zero-order valence-corrected chi connectivity index (χ0v) is 13.9. The second-order valence-corrected chi connectivity index (χ2v) is 6.32. The highest BCUT2D eigenvalue weighted by Gasteiger charge is 2.32. The molecule has 6 N–H and O–H groups in total. The van der Waals surface area contributed by atoms with E-state index >= 15 is 0 Å². The summed E-state index contributed by atoms with van der Waals surface area (Å²) in [7, 11) is 3.85. The van der Waals surface area contributed by atoms with Gasteiger partial charge in [0.2, 0.25) is 0 Å². The van der Waals surface area contributed by atoms with Crippen LogP contribution >= 0.6 is 0 Å². The lowest BCUT2D eigenvalue weighted by Crippen LogP contribution is -2.53. The molecule has 130 valence electrons. The molecule has 0 bridgehead atoms. The lowest BCUT2D eigenvalue weighted by atomic mass is 9.83. The van der Waals surface area contributed by atoms with E-state index in [0.717, 1.165) is 11.1 Å². The number of phenolic OH excluding ortho intramolecular Hbond substituents is 4. The third kappa shape index (κ3) is 3.72. The van der Waals surface area contributed by atoms with Crippen LogP contribution in [0, 0.1) is 0 Å². The van der Waals surface area contributed by atoms with E-state index in [9.17, 15) is 20.4 Å². The number of nitrogens with zero attached hydrogens (tertiary/aromatic N) is 1. The van der Waals surface area contributed by atoms with Gasteiger partial charge in [-0.2, -0.15) is 0 Å². The van der Waals surface area contributed by atoms with Crippen molar-refractivity contribution in [2.24, 2.45) is 5.73 Å². The van der Waals surface area contributed by atoms with E-state index in [1.807, 2.05) is 19.0 Å². The Kier molecular flexibility index (Phi) is 5.21. The van der Waals surface area contributed by atoms with Gasteiger partial charge in [-0.15, -0.1) is 0 Å². The van der Waals surface area contributed by atoms with E-state index in [2.05, 4.69) is 0 Å². The van der Waals surface area contributed by atoms with Crippen LogP contribution in [0.25, 0.3) is 0 Å². The van der Waals surface area contributed by atoms with Crippen LogP contribution in [0.4, 0.5) is 0 Å². The molecule has 0 heterocycles. The molecular formula is C18H24N2O4. The lowest BCUT2D eigenvalue weighted by Gasteiger charge is -2.39. The third-order valence-corrected chi connectivity index (χ3v) is 4.47. The maximum absolute atomic E-state index is 9.71. The first-order chi connectivity index (χ1) is 11.3. The molecule has 2 rings (SSSR count). The molecule has 0 radical (unpaired) electrons. The Bertz CT molecular complexity index is 663. The van der Waals surface area contributed by atoms with Gasteiger partial charge in [0.1, 0.15) is 0 Å². The SMILES string of the molecule is CN(C)C(CN)(Cc1ccc(O)c(O)c1)Cc1ccc(O)c(O)c1. The molecule has 0 atom stereocenters. The van der Waals surface area contributed by atoms with Crippen LogP contribution in [0.1, 0.15) is 11.1 Å². The lowest BCUT2D eigenvalue weighted by molar-refractivity contribution is 0.158. The van der Waals surface area contributed by atoms with Crippen molar-refractivity contribution < 1.29 is 20.4 Å². The maximum atomic E-state index is 9.71. The molecule has 0 aromatic heterocycles. The first-order valence-electron chi connectivity index (χ1n) is 7.66. The van der Waals surface area contributed by atoms with Gasteiger partial charge in [0.05, 0.1) is 0 Å². The van der Waals surface area contributed by atoms with Crippen molar-refractivity contribution >= 4 is 0 Å². The molecule has 2 aromatic carbocycles. The molecule has 0 aliphatic carbocycles. The van der Waals surface area contributed by atoms with Crippen molar-refractivity contribution in [2.45, 2.75) is 18.4 Å². The first-order valence-corrected chi connectivity index (χ1v) is 7.66. The van der Waals surface area contributed by atoms with E-state index < -0.39 is 5.54 Å². The highest BCUT2D eigenvalue weighted by atomic mass is 16.3. The predicted molar refractivity (Wildman–Crippen MR) is 92.4 cm³/mol. The fraction of sp³-hybridized carbons (Fsp3) is 0.333. The van der Waals surface area contributed by atoms with Crippen LogP contribution in [0.2, 0.25) is 0 Å². The van der Waals surface area contributed by atoms with Crippen LogP contribution in [0.3, 0.4) is 0 Å². The first kappa shape index (κ1) is 17.9. The van der Waals surface area contributed by atoms with Crippen molar-refractivity contribution in [3.05, 3.63) is 47.5 Å². The second kappa shape index (κ2) is 6.98. The summed E-state index contributed by atoms with van der Waals surface area (Å²) >= 11 is 0. The van der Waals surface area contributed by atoms with E-state index in [-0.39, 0.29) is 23.0 Å². The Hall–Kier alpha value is -2.44. The summed E-state index contributed by atoms with van der Waals surface area (Å²) in [6.07, 6.45) is 1.10.